The summed E-state index contributed by atoms with van der Waals surface area (Å²) in [7, 11) is 1.73. The van der Waals surface area contributed by atoms with Crippen LogP contribution in [-0.4, -0.2) is 36.1 Å². The minimum Gasteiger partial charge on any atom is -0.395 e. The molecule has 1 aromatic rings. The van der Waals surface area contributed by atoms with Crippen molar-refractivity contribution < 1.29 is 9.90 Å². The second-order valence-electron chi connectivity index (χ2n) is 3.92. The number of aliphatic hydroxyl groups excluding tert-OH is 1. The monoisotopic (exact) mass is 241 g/mol. The first kappa shape index (κ1) is 13.2. The third-order valence-corrected chi connectivity index (χ3v) is 3.71. The van der Waals surface area contributed by atoms with Crippen LogP contribution in [0.4, 0.5) is 0 Å². The molecule has 0 atom stereocenters. The van der Waals surface area contributed by atoms with Crippen LogP contribution in [0.1, 0.15) is 23.3 Å². The molecule has 1 amide bonds. The van der Waals surface area contributed by atoms with Gasteiger partial charge in [0.05, 0.1) is 6.61 Å². The van der Waals surface area contributed by atoms with Crippen LogP contribution >= 0.6 is 11.3 Å². The van der Waals surface area contributed by atoms with Crippen LogP contribution in [0.25, 0.3) is 0 Å². The SMILES string of the molecule is Cc1ccsc1CCCC(=O)N(C)CCO. The van der Waals surface area contributed by atoms with Gasteiger partial charge in [0.25, 0.3) is 0 Å². The number of aliphatic hydroxyl groups is 1. The van der Waals surface area contributed by atoms with Crippen molar-refractivity contribution in [3.8, 4) is 0 Å². The molecule has 0 aliphatic carbocycles. The number of thiophene rings is 1. The molecule has 3 nitrogen and oxygen atoms in total. The highest BCUT2D eigenvalue weighted by Crippen LogP contribution is 2.18. The maximum Gasteiger partial charge on any atom is 0.222 e. The molecule has 0 unspecified atom stereocenters. The zero-order chi connectivity index (χ0) is 12.0. The van der Waals surface area contributed by atoms with Crippen molar-refractivity contribution in [2.24, 2.45) is 0 Å². The Morgan fingerprint density at radius 2 is 2.31 bits per heavy atom. The average Bonchev–Trinajstić information content (AvgIpc) is 2.65. The molecule has 0 saturated carbocycles. The topological polar surface area (TPSA) is 40.5 Å². The second-order valence-corrected chi connectivity index (χ2v) is 4.92. The highest BCUT2D eigenvalue weighted by molar-refractivity contribution is 7.10. The van der Waals surface area contributed by atoms with Crippen LogP contribution in [0.5, 0.6) is 0 Å². The van der Waals surface area contributed by atoms with Gasteiger partial charge in [0.15, 0.2) is 0 Å². The molecule has 1 rings (SSSR count). The molecule has 0 aliphatic rings. The Kier molecular flexibility index (Phi) is 5.49. The van der Waals surface area contributed by atoms with Crippen molar-refractivity contribution in [1.82, 2.24) is 4.90 Å². The van der Waals surface area contributed by atoms with Gasteiger partial charge in [0.1, 0.15) is 0 Å². The van der Waals surface area contributed by atoms with Crippen molar-refractivity contribution in [3.63, 3.8) is 0 Å². The summed E-state index contributed by atoms with van der Waals surface area (Å²) in [6, 6.07) is 2.11. The van der Waals surface area contributed by atoms with E-state index in [1.165, 1.54) is 10.4 Å². The number of amides is 1. The van der Waals surface area contributed by atoms with Crippen molar-refractivity contribution >= 4 is 17.2 Å². The van der Waals surface area contributed by atoms with Crippen LogP contribution in [-0.2, 0) is 11.2 Å². The van der Waals surface area contributed by atoms with Crippen LogP contribution in [0.2, 0.25) is 0 Å². The lowest BCUT2D eigenvalue weighted by atomic mass is 10.1. The third-order valence-electron chi connectivity index (χ3n) is 2.62. The quantitative estimate of drug-likeness (QED) is 0.825. The molecule has 4 heteroatoms. The largest absolute Gasteiger partial charge is 0.395 e. The highest BCUT2D eigenvalue weighted by atomic mass is 32.1. The fourth-order valence-corrected chi connectivity index (χ4v) is 2.48. The number of nitrogens with zero attached hydrogens (tertiary/aromatic N) is 1. The zero-order valence-corrected chi connectivity index (χ0v) is 10.7. The first-order valence-electron chi connectivity index (χ1n) is 5.53. The number of likely N-dealkylation sites (N-methyl/N-ethyl adjacent to an activating group) is 1. The molecular weight excluding hydrogens is 222 g/mol. The summed E-state index contributed by atoms with van der Waals surface area (Å²) in [5.74, 6) is 0.114. The van der Waals surface area contributed by atoms with Gasteiger partial charge in [-0.15, -0.1) is 11.3 Å². The standard InChI is InChI=1S/C12H19NO2S/c1-10-6-9-16-11(10)4-3-5-12(15)13(2)7-8-14/h6,9,14H,3-5,7-8H2,1-2H3. The predicted molar refractivity (Wildman–Crippen MR) is 66.7 cm³/mol. The Labute approximate surface area is 101 Å². The molecule has 0 fully saturated rings. The molecule has 1 N–H and O–H groups in total. The lowest BCUT2D eigenvalue weighted by molar-refractivity contribution is -0.130. The zero-order valence-electron chi connectivity index (χ0n) is 9.90. The maximum atomic E-state index is 11.6. The Hall–Kier alpha value is -0.870. The Bertz CT molecular complexity index is 336. The van der Waals surface area contributed by atoms with E-state index in [4.69, 9.17) is 5.11 Å². The number of rotatable bonds is 6. The predicted octanol–water partition coefficient (Wildman–Crippen LogP) is 1.83. The van der Waals surface area contributed by atoms with Crippen LogP contribution in [0.15, 0.2) is 11.4 Å². The van der Waals surface area contributed by atoms with E-state index in [2.05, 4.69) is 18.4 Å². The summed E-state index contributed by atoms with van der Waals surface area (Å²) in [6.45, 7) is 2.56. The Morgan fingerprint density at radius 1 is 1.56 bits per heavy atom. The molecule has 16 heavy (non-hydrogen) atoms. The van der Waals surface area contributed by atoms with Crippen molar-refractivity contribution in [2.75, 3.05) is 20.2 Å². The molecule has 0 saturated heterocycles. The van der Waals surface area contributed by atoms with E-state index in [9.17, 15) is 4.79 Å². The molecule has 0 bridgehead atoms. The molecule has 90 valence electrons. The average molecular weight is 241 g/mol. The molecule has 0 radical (unpaired) electrons. The first-order chi connectivity index (χ1) is 7.65. The van der Waals surface area contributed by atoms with Gasteiger partial charge in [-0.25, -0.2) is 0 Å². The van der Waals surface area contributed by atoms with Crippen molar-refractivity contribution in [1.29, 1.82) is 0 Å². The van der Waals surface area contributed by atoms with Crippen LogP contribution < -0.4 is 0 Å². The van der Waals surface area contributed by atoms with E-state index < -0.39 is 0 Å². The van der Waals surface area contributed by atoms with E-state index >= 15 is 0 Å². The lowest BCUT2D eigenvalue weighted by Gasteiger charge is -2.15. The minimum absolute atomic E-state index is 0.0340. The first-order valence-corrected chi connectivity index (χ1v) is 6.41. The van der Waals surface area contributed by atoms with Gasteiger partial charge < -0.3 is 10.0 Å². The minimum atomic E-state index is 0.0340. The molecule has 0 spiro atoms. The number of carbonyl (C=O) groups is 1. The lowest BCUT2D eigenvalue weighted by Crippen LogP contribution is -2.29. The van der Waals surface area contributed by atoms with Gasteiger partial charge in [0.2, 0.25) is 5.91 Å². The molecule has 1 aromatic heterocycles. The maximum absolute atomic E-state index is 11.6. The van der Waals surface area contributed by atoms with E-state index in [1.54, 1.807) is 23.3 Å². The normalized spacial score (nSPS) is 10.4. The van der Waals surface area contributed by atoms with E-state index in [1.807, 2.05) is 0 Å². The third kappa shape index (κ3) is 3.94. The number of carbonyl (C=O) groups excluding carboxylic acids is 1. The molecule has 1 heterocycles. The number of hydrogen-bond donors (Lipinski definition) is 1. The van der Waals surface area contributed by atoms with E-state index in [-0.39, 0.29) is 12.5 Å². The fourth-order valence-electron chi connectivity index (χ4n) is 1.53. The molecule has 0 aliphatic heterocycles. The second kappa shape index (κ2) is 6.66. The smallest absolute Gasteiger partial charge is 0.222 e. The molecular formula is C12H19NO2S. The summed E-state index contributed by atoms with van der Waals surface area (Å²) in [5, 5.41) is 10.8. The summed E-state index contributed by atoms with van der Waals surface area (Å²) in [5.41, 5.74) is 1.32. The van der Waals surface area contributed by atoms with E-state index in [0.29, 0.717) is 13.0 Å². The van der Waals surface area contributed by atoms with Gasteiger partial charge in [0, 0.05) is 24.9 Å². The molecule has 0 aromatic carbocycles. The summed E-state index contributed by atoms with van der Waals surface area (Å²) in [4.78, 5) is 14.5. The van der Waals surface area contributed by atoms with Gasteiger partial charge in [-0.1, -0.05) is 0 Å². The van der Waals surface area contributed by atoms with Gasteiger partial charge in [-0.3, -0.25) is 4.79 Å². The number of hydrogen-bond acceptors (Lipinski definition) is 3. The van der Waals surface area contributed by atoms with Crippen LogP contribution in [0, 0.1) is 6.92 Å². The van der Waals surface area contributed by atoms with Gasteiger partial charge in [-0.2, -0.15) is 0 Å². The Morgan fingerprint density at radius 3 is 2.88 bits per heavy atom. The van der Waals surface area contributed by atoms with Crippen LogP contribution in [0.3, 0.4) is 0 Å². The van der Waals surface area contributed by atoms with E-state index in [0.717, 1.165) is 12.8 Å². The summed E-state index contributed by atoms with van der Waals surface area (Å²) < 4.78 is 0. The summed E-state index contributed by atoms with van der Waals surface area (Å²) in [6.07, 6.45) is 2.42. The van der Waals surface area contributed by atoms with Gasteiger partial charge >= 0.3 is 0 Å². The fraction of sp³-hybridized carbons (Fsp3) is 0.583. The number of aryl methyl sites for hydroxylation is 2. The Balaban J connectivity index is 2.25. The summed E-state index contributed by atoms with van der Waals surface area (Å²) >= 11 is 1.75. The highest BCUT2D eigenvalue weighted by Gasteiger charge is 2.08. The van der Waals surface area contributed by atoms with Gasteiger partial charge in [-0.05, 0) is 36.8 Å². The van der Waals surface area contributed by atoms with Crippen molar-refractivity contribution in [2.45, 2.75) is 26.2 Å². The van der Waals surface area contributed by atoms with Crippen molar-refractivity contribution in [3.05, 3.63) is 21.9 Å².